The summed E-state index contributed by atoms with van der Waals surface area (Å²) in [6.07, 6.45) is -1.44. The van der Waals surface area contributed by atoms with Crippen molar-refractivity contribution in [1.82, 2.24) is 29.7 Å². The lowest BCUT2D eigenvalue weighted by Gasteiger charge is -2.35. The molecule has 3 aromatic heterocycles. The number of ether oxygens (including phenoxy) is 3. The number of halogens is 3. The fraction of sp³-hybridized carbons (Fsp3) is 0.647. The highest BCUT2D eigenvalue weighted by Crippen LogP contribution is 2.31. The van der Waals surface area contributed by atoms with Crippen molar-refractivity contribution >= 4 is 28.8 Å². The molecule has 1 atom stereocenters. The van der Waals surface area contributed by atoms with Gasteiger partial charge in [0.05, 0.1) is 43.0 Å². The number of alkyl carbamates (subject to hydrolysis) is 1. The highest BCUT2D eigenvalue weighted by Gasteiger charge is 2.34. The average molecular weight is 709 g/mol. The first-order valence-electron chi connectivity index (χ1n) is 16.8. The number of fused-ring (bicyclic) bond motifs is 1. The lowest BCUT2D eigenvalue weighted by molar-refractivity contribution is -0.141. The van der Waals surface area contributed by atoms with Gasteiger partial charge in [0, 0.05) is 25.8 Å². The summed E-state index contributed by atoms with van der Waals surface area (Å²) in [6.45, 7) is 17.9. The van der Waals surface area contributed by atoms with Crippen molar-refractivity contribution < 1.29 is 32.2 Å². The Labute approximate surface area is 290 Å². The first-order valence-corrected chi connectivity index (χ1v) is 16.8. The van der Waals surface area contributed by atoms with Crippen LogP contribution in [0.3, 0.4) is 0 Å². The molecule has 278 valence electrons. The maximum Gasteiger partial charge on any atom is 0.433 e. The molecule has 0 spiro atoms. The Morgan fingerprint density at radius 2 is 1.86 bits per heavy atom. The first-order chi connectivity index (χ1) is 23.2. The van der Waals surface area contributed by atoms with E-state index in [0.717, 1.165) is 38.5 Å². The summed E-state index contributed by atoms with van der Waals surface area (Å²) in [5.41, 5.74) is 2.92. The number of carbonyl (C=O) groups is 1. The number of aromatic nitrogens is 4. The number of nitrogens with one attached hydrogen (secondary N) is 3. The van der Waals surface area contributed by atoms with Gasteiger partial charge in [-0.1, -0.05) is 6.07 Å². The van der Waals surface area contributed by atoms with Gasteiger partial charge in [0.2, 0.25) is 0 Å². The van der Waals surface area contributed by atoms with Crippen LogP contribution < -0.4 is 22.1 Å². The van der Waals surface area contributed by atoms with E-state index in [2.05, 4.69) is 30.5 Å². The van der Waals surface area contributed by atoms with Crippen LogP contribution in [0.1, 0.15) is 72.6 Å². The van der Waals surface area contributed by atoms with E-state index in [0.29, 0.717) is 43.7 Å². The van der Waals surface area contributed by atoms with Crippen LogP contribution in [0.15, 0.2) is 29.2 Å². The lowest BCUT2D eigenvalue weighted by atomic mass is 9.99. The van der Waals surface area contributed by atoms with Crippen molar-refractivity contribution in [2.24, 2.45) is 5.92 Å². The SMILES string of the molecule is CC(C)(COC(C)(C)COCC1CCCN(CCNc2ccc(Cn3c(=O)[nH]c4c(N)nc(C(F)(F)F)cc43)cn2)C1)NC(=O)OC(C)(C)C. The number of nitrogens with two attached hydrogens (primary N) is 1. The number of carbonyl (C=O) groups excluding carboxylic acids is 1. The van der Waals surface area contributed by atoms with Crippen LogP contribution in [0, 0.1) is 5.92 Å². The summed E-state index contributed by atoms with van der Waals surface area (Å²) < 4.78 is 58.6. The van der Waals surface area contributed by atoms with Gasteiger partial charge in [-0.2, -0.15) is 13.2 Å². The molecule has 16 heteroatoms. The highest BCUT2D eigenvalue weighted by molar-refractivity contribution is 5.85. The second-order valence-corrected chi connectivity index (χ2v) is 15.2. The van der Waals surface area contributed by atoms with Crippen molar-refractivity contribution in [2.45, 2.75) is 90.8 Å². The molecule has 3 aromatic rings. The Balaban J connectivity index is 1.19. The van der Waals surface area contributed by atoms with E-state index in [1.165, 1.54) is 4.57 Å². The molecule has 1 fully saturated rings. The van der Waals surface area contributed by atoms with Crippen molar-refractivity contribution in [2.75, 3.05) is 57.1 Å². The summed E-state index contributed by atoms with van der Waals surface area (Å²) >= 11 is 0. The van der Waals surface area contributed by atoms with E-state index in [9.17, 15) is 22.8 Å². The Kier molecular flexibility index (Phi) is 12.1. The number of hydrogen-bond donors (Lipinski definition) is 4. The smallest absolute Gasteiger partial charge is 0.433 e. The molecule has 1 saturated heterocycles. The minimum absolute atomic E-state index is 0.0106. The van der Waals surface area contributed by atoms with Crippen LogP contribution in [0.4, 0.5) is 29.6 Å². The van der Waals surface area contributed by atoms with Crippen molar-refractivity contribution in [3.8, 4) is 0 Å². The van der Waals surface area contributed by atoms with Gasteiger partial charge in [-0.05, 0) is 91.5 Å². The van der Waals surface area contributed by atoms with Gasteiger partial charge in [0.1, 0.15) is 28.4 Å². The number of rotatable bonds is 14. The zero-order valence-electron chi connectivity index (χ0n) is 30.0. The van der Waals surface area contributed by atoms with E-state index in [1.54, 1.807) is 18.3 Å². The number of pyridine rings is 2. The van der Waals surface area contributed by atoms with Crippen molar-refractivity contribution in [1.29, 1.82) is 0 Å². The van der Waals surface area contributed by atoms with E-state index in [-0.39, 0.29) is 17.6 Å². The number of imidazole rings is 1. The minimum atomic E-state index is -4.70. The maximum absolute atomic E-state index is 13.3. The summed E-state index contributed by atoms with van der Waals surface area (Å²) in [5.74, 6) is 0.654. The number of piperidine rings is 1. The maximum atomic E-state index is 13.3. The van der Waals surface area contributed by atoms with Gasteiger partial charge in [0.15, 0.2) is 0 Å². The monoisotopic (exact) mass is 708 g/mol. The van der Waals surface area contributed by atoms with Gasteiger partial charge in [0.25, 0.3) is 0 Å². The van der Waals surface area contributed by atoms with E-state index < -0.39 is 46.2 Å². The Hall–Kier alpha value is -3.89. The molecular weight excluding hydrogens is 657 g/mol. The van der Waals surface area contributed by atoms with E-state index >= 15 is 0 Å². The van der Waals surface area contributed by atoms with Gasteiger partial charge >= 0.3 is 18.0 Å². The molecule has 1 aliphatic heterocycles. The molecule has 1 unspecified atom stereocenters. The number of anilines is 2. The van der Waals surface area contributed by atoms with Crippen LogP contribution in [-0.2, 0) is 26.9 Å². The highest BCUT2D eigenvalue weighted by atomic mass is 19.4. The van der Waals surface area contributed by atoms with Crippen LogP contribution in [0.5, 0.6) is 0 Å². The molecule has 0 radical (unpaired) electrons. The fourth-order valence-corrected chi connectivity index (χ4v) is 5.62. The largest absolute Gasteiger partial charge is 0.444 e. The standard InChI is InChI=1S/C34H51F3N8O5/c1-31(2,3)50-30(47)43-32(4,5)20-49-33(6,7)21-48-19-23-9-8-13-44(17-23)14-12-39-26-11-10-22(16-40-26)18-45-24-15-25(34(35,36)37)41-28(38)27(24)42-29(45)46/h10-11,15-16,23H,8-9,12-14,17-21H2,1-7H3,(H2,38,41)(H,39,40)(H,42,46)(H,43,47). The molecule has 0 bridgehead atoms. The fourth-order valence-electron chi connectivity index (χ4n) is 5.62. The Bertz CT molecular complexity index is 1650. The molecule has 1 amide bonds. The van der Waals surface area contributed by atoms with E-state index in [4.69, 9.17) is 19.9 Å². The van der Waals surface area contributed by atoms with Gasteiger partial charge in [-0.25, -0.2) is 19.6 Å². The number of nitrogens with zero attached hydrogens (tertiary/aromatic N) is 4. The van der Waals surface area contributed by atoms with Crippen LogP contribution in [0.25, 0.3) is 11.0 Å². The normalized spacial score (nSPS) is 16.5. The number of hydrogen-bond acceptors (Lipinski definition) is 10. The number of likely N-dealkylation sites (tertiary alicyclic amines) is 1. The first kappa shape index (κ1) is 38.9. The van der Waals surface area contributed by atoms with Crippen LogP contribution >= 0.6 is 0 Å². The second kappa shape index (κ2) is 15.6. The molecule has 0 saturated carbocycles. The molecule has 1 aliphatic rings. The summed E-state index contributed by atoms with van der Waals surface area (Å²) in [5, 5.41) is 6.18. The molecule has 4 heterocycles. The van der Waals surface area contributed by atoms with E-state index in [1.807, 2.05) is 48.5 Å². The molecular formula is C34H51F3N8O5. The topological polar surface area (TPSA) is 162 Å². The molecule has 0 aromatic carbocycles. The third-order valence-electron chi connectivity index (χ3n) is 8.05. The molecule has 0 aliphatic carbocycles. The van der Waals surface area contributed by atoms with Gasteiger partial charge < -0.3 is 40.5 Å². The molecule has 50 heavy (non-hydrogen) atoms. The minimum Gasteiger partial charge on any atom is -0.444 e. The van der Waals surface area contributed by atoms with Crippen LogP contribution in [-0.4, -0.2) is 93.3 Å². The number of amides is 1. The Morgan fingerprint density at radius 3 is 2.52 bits per heavy atom. The summed E-state index contributed by atoms with van der Waals surface area (Å²) in [6, 6.07) is 4.36. The Morgan fingerprint density at radius 1 is 1.12 bits per heavy atom. The predicted molar refractivity (Wildman–Crippen MR) is 185 cm³/mol. The average Bonchev–Trinajstić information content (AvgIpc) is 3.31. The third kappa shape index (κ3) is 11.6. The van der Waals surface area contributed by atoms with Crippen molar-refractivity contribution in [3.05, 3.63) is 46.1 Å². The zero-order valence-corrected chi connectivity index (χ0v) is 30.0. The van der Waals surface area contributed by atoms with Gasteiger partial charge in [-0.15, -0.1) is 0 Å². The predicted octanol–water partition coefficient (Wildman–Crippen LogP) is 5.01. The number of H-pyrrole nitrogens is 1. The van der Waals surface area contributed by atoms with Gasteiger partial charge in [-0.3, -0.25) is 4.57 Å². The third-order valence-corrected chi connectivity index (χ3v) is 8.05. The number of aromatic amines is 1. The number of alkyl halides is 3. The summed E-state index contributed by atoms with van der Waals surface area (Å²) in [7, 11) is 0. The molecule has 5 N–H and O–H groups in total. The second-order valence-electron chi connectivity index (χ2n) is 15.2. The molecule has 4 rings (SSSR count). The molecule has 13 nitrogen and oxygen atoms in total. The quantitative estimate of drug-likeness (QED) is 0.179. The van der Waals surface area contributed by atoms with Crippen LogP contribution in [0.2, 0.25) is 0 Å². The zero-order chi connectivity index (χ0) is 36.9. The van der Waals surface area contributed by atoms with Crippen molar-refractivity contribution in [3.63, 3.8) is 0 Å². The number of nitrogen functional groups attached to an aromatic ring is 1. The lowest BCUT2D eigenvalue weighted by Crippen LogP contribution is -2.50. The summed E-state index contributed by atoms with van der Waals surface area (Å²) in [4.78, 5) is 37.4.